The Kier molecular flexibility index (Phi) is 6.09. The molecule has 1 aliphatic rings. The Bertz CT molecular complexity index is 742. The summed E-state index contributed by atoms with van der Waals surface area (Å²) in [6, 6.07) is 14.7. The molecule has 26 heavy (non-hydrogen) atoms. The molecular formula is C21H25FN2OS. The molecule has 0 heterocycles. The third kappa shape index (κ3) is 4.33. The second-order valence-electron chi connectivity index (χ2n) is 6.73. The number of anilines is 1. The Morgan fingerprint density at radius 2 is 1.81 bits per heavy atom. The third-order valence-electron chi connectivity index (χ3n) is 5.04. The lowest BCUT2D eigenvalue weighted by molar-refractivity contribution is 0.342. The molecule has 1 saturated carbocycles. The Balaban J connectivity index is 1.66. The normalized spacial score (nSPS) is 15.5. The molecule has 0 aliphatic heterocycles. The number of halogens is 1. The van der Waals surface area contributed by atoms with Crippen molar-refractivity contribution in [3.05, 3.63) is 59.9 Å². The molecule has 1 fully saturated rings. The van der Waals surface area contributed by atoms with Crippen molar-refractivity contribution >= 4 is 23.0 Å². The minimum Gasteiger partial charge on any atom is -0.492 e. The van der Waals surface area contributed by atoms with Crippen LogP contribution in [-0.4, -0.2) is 18.3 Å². The number of hydrogen-bond acceptors (Lipinski definition) is 2. The average Bonchev–Trinajstić information content (AvgIpc) is 3.13. The quantitative estimate of drug-likeness (QED) is 0.698. The first-order valence-electron chi connectivity index (χ1n) is 9.16. The predicted octanol–water partition coefficient (Wildman–Crippen LogP) is 5.02. The maximum absolute atomic E-state index is 13.3. The van der Waals surface area contributed by atoms with Crippen molar-refractivity contribution in [1.82, 2.24) is 5.32 Å². The number of thiocarbonyl (C=S) groups is 1. The smallest absolute Gasteiger partial charge is 0.170 e. The van der Waals surface area contributed by atoms with Gasteiger partial charge in [0.1, 0.15) is 11.6 Å². The van der Waals surface area contributed by atoms with Crippen molar-refractivity contribution in [3.8, 4) is 5.75 Å². The summed E-state index contributed by atoms with van der Waals surface area (Å²) in [4.78, 5) is 0. The maximum Gasteiger partial charge on any atom is 0.170 e. The van der Waals surface area contributed by atoms with Crippen LogP contribution in [0.4, 0.5) is 10.1 Å². The lowest BCUT2D eigenvalue weighted by Crippen LogP contribution is -2.40. The van der Waals surface area contributed by atoms with E-state index in [-0.39, 0.29) is 11.2 Å². The molecule has 5 heteroatoms. The Hall–Kier alpha value is -2.14. The van der Waals surface area contributed by atoms with E-state index in [2.05, 4.69) is 10.6 Å². The van der Waals surface area contributed by atoms with Crippen LogP contribution in [-0.2, 0) is 5.41 Å². The molecule has 2 aromatic rings. The Labute approximate surface area is 160 Å². The third-order valence-corrected chi connectivity index (χ3v) is 5.29. The summed E-state index contributed by atoms with van der Waals surface area (Å²) >= 11 is 5.50. The van der Waals surface area contributed by atoms with Gasteiger partial charge in [0.05, 0.1) is 12.3 Å². The summed E-state index contributed by atoms with van der Waals surface area (Å²) in [6.07, 6.45) is 4.55. The van der Waals surface area contributed by atoms with Gasteiger partial charge in [-0.15, -0.1) is 0 Å². The van der Waals surface area contributed by atoms with Crippen molar-refractivity contribution < 1.29 is 9.13 Å². The van der Waals surface area contributed by atoms with Gasteiger partial charge < -0.3 is 15.4 Å². The first-order chi connectivity index (χ1) is 12.6. The first kappa shape index (κ1) is 18.6. The summed E-state index contributed by atoms with van der Waals surface area (Å²) in [7, 11) is 0. The van der Waals surface area contributed by atoms with E-state index in [1.807, 2.05) is 43.3 Å². The molecule has 0 unspecified atom stereocenters. The molecule has 0 atom stereocenters. The van der Waals surface area contributed by atoms with Crippen molar-refractivity contribution in [2.75, 3.05) is 18.5 Å². The summed E-state index contributed by atoms with van der Waals surface area (Å²) in [5.41, 5.74) is 2.05. The number of ether oxygens (including phenoxy) is 1. The number of para-hydroxylation sites is 2. The molecular weight excluding hydrogens is 347 g/mol. The van der Waals surface area contributed by atoms with E-state index in [1.165, 1.54) is 18.4 Å². The van der Waals surface area contributed by atoms with Crippen molar-refractivity contribution in [1.29, 1.82) is 0 Å². The molecule has 2 N–H and O–H groups in total. The molecule has 3 nitrogen and oxygen atoms in total. The molecule has 2 aromatic carbocycles. The van der Waals surface area contributed by atoms with Crippen molar-refractivity contribution in [3.63, 3.8) is 0 Å². The fourth-order valence-corrected chi connectivity index (χ4v) is 3.87. The first-order valence-corrected chi connectivity index (χ1v) is 9.56. The minimum absolute atomic E-state index is 0.0128. The second-order valence-corrected chi connectivity index (χ2v) is 7.14. The Morgan fingerprint density at radius 1 is 1.12 bits per heavy atom. The number of hydrogen-bond donors (Lipinski definition) is 2. The van der Waals surface area contributed by atoms with Gasteiger partial charge in [0.2, 0.25) is 0 Å². The highest BCUT2D eigenvalue weighted by Crippen LogP contribution is 2.40. The van der Waals surface area contributed by atoms with Gasteiger partial charge in [-0.3, -0.25) is 0 Å². The zero-order valence-electron chi connectivity index (χ0n) is 15.1. The molecule has 1 aliphatic carbocycles. The monoisotopic (exact) mass is 372 g/mol. The fourth-order valence-electron chi connectivity index (χ4n) is 3.69. The average molecular weight is 373 g/mol. The standard InChI is InChI=1S/C21H25FN2OS/c1-2-25-19-8-4-3-7-18(19)24-20(26)23-15-21(13-5-6-14-21)16-9-11-17(22)12-10-16/h3-4,7-12H,2,5-6,13-15H2,1H3,(H2,23,24,26). The van der Waals surface area contributed by atoms with Crippen LogP contribution in [0.2, 0.25) is 0 Å². The zero-order valence-corrected chi connectivity index (χ0v) is 15.9. The van der Waals surface area contributed by atoms with Gasteiger partial charge in [-0.2, -0.15) is 0 Å². The van der Waals surface area contributed by atoms with Gasteiger partial charge in [-0.1, -0.05) is 37.1 Å². The highest BCUT2D eigenvalue weighted by Gasteiger charge is 2.35. The molecule has 0 amide bonds. The summed E-state index contributed by atoms with van der Waals surface area (Å²) < 4.78 is 18.9. The lowest BCUT2D eigenvalue weighted by Gasteiger charge is -2.30. The highest BCUT2D eigenvalue weighted by molar-refractivity contribution is 7.80. The molecule has 138 valence electrons. The number of rotatable bonds is 6. The minimum atomic E-state index is -0.195. The van der Waals surface area contributed by atoms with Crippen molar-refractivity contribution in [2.24, 2.45) is 0 Å². The van der Waals surface area contributed by atoms with Gasteiger partial charge in [0, 0.05) is 12.0 Å². The molecule has 0 bridgehead atoms. The molecule has 0 radical (unpaired) electrons. The summed E-state index contributed by atoms with van der Waals surface area (Å²) in [6.45, 7) is 3.30. The van der Waals surface area contributed by atoms with Crippen LogP contribution in [0.5, 0.6) is 5.75 Å². The van der Waals surface area contributed by atoms with E-state index < -0.39 is 0 Å². The number of nitrogens with one attached hydrogen (secondary N) is 2. The van der Waals surface area contributed by atoms with Crippen molar-refractivity contribution in [2.45, 2.75) is 38.0 Å². The fraction of sp³-hybridized carbons (Fsp3) is 0.381. The predicted molar refractivity (Wildman–Crippen MR) is 108 cm³/mol. The van der Waals surface area contributed by atoms with Crippen LogP contribution in [0.25, 0.3) is 0 Å². The SMILES string of the molecule is CCOc1ccccc1NC(=S)NCC1(c2ccc(F)cc2)CCCC1. The summed E-state index contributed by atoms with van der Waals surface area (Å²) in [5, 5.41) is 7.17. The highest BCUT2D eigenvalue weighted by atomic mass is 32.1. The van der Waals surface area contributed by atoms with Crippen LogP contribution >= 0.6 is 12.2 Å². The van der Waals surface area contributed by atoms with E-state index in [0.717, 1.165) is 30.8 Å². The molecule has 3 rings (SSSR count). The molecule has 0 spiro atoms. The van der Waals surface area contributed by atoms with E-state index in [0.29, 0.717) is 11.7 Å². The topological polar surface area (TPSA) is 33.3 Å². The van der Waals surface area contributed by atoms with Gasteiger partial charge in [0.15, 0.2) is 5.11 Å². The molecule has 0 saturated heterocycles. The van der Waals surface area contributed by atoms with Gasteiger partial charge in [-0.05, 0) is 61.8 Å². The van der Waals surface area contributed by atoms with Gasteiger partial charge >= 0.3 is 0 Å². The number of benzene rings is 2. The van der Waals surface area contributed by atoms with Gasteiger partial charge in [-0.25, -0.2) is 4.39 Å². The van der Waals surface area contributed by atoms with Crippen LogP contribution < -0.4 is 15.4 Å². The second kappa shape index (κ2) is 8.49. The van der Waals surface area contributed by atoms with E-state index in [4.69, 9.17) is 17.0 Å². The van der Waals surface area contributed by atoms with E-state index in [1.54, 1.807) is 12.1 Å². The Morgan fingerprint density at radius 3 is 2.50 bits per heavy atom. The van der Waals surface area contributed by atoms with Crippen LogP contribution in [0.1, 0.15) is 38.2 Å². The summed E-state index contributed by atoms with van der Waals surface area (Å²) in [5.74, 6) is 0.591. The van der Waals surface area contributed by atoms with E-state index in [9.17, 15) is 4.39 Å². The van der Waals surface area contributed by atoms with Crippen LogP contribution in [0.15, 0.2) is 48.5 Å². The van der Waals surface area contributed by atoms with Gasteiger partial charge in [0.25, 0.3) is 0 Å². The van der Waals surface area contributed by atoms with E-state index >= 15 is 0 Å². The van der Waals surface area contributed by atoms with Crippen LogP contribution in [0.3, 0.4) is 0 Å². The van der Waals surface area contributed by atoms with Crippen LogP contribution in [0, 0.1) is 5.82 Å². The lowest BCUT2D eigenvalue weighted by atomic mass is 9.79. The zero-order chi connectivity index (χ0) is 18.4. The molecule has 0 aromatic heterocycles. The largest absolute Gasteiger partial charge is 0.492 e. The maximum atomic E-state index is 13.3.